The number of ether oxygens (including phenoxy) is 3. The molecule has 0 aliphatic heterocycles. The van der Waals surface area contributed by atoms with Crippen LogP contribution in [0.4, 0.5) is 0 Å². The van der Waals surface area contributed by atoms with Crippen molar-refractivity contribution in [3.63, 3.8) is 0 Å². The van der Waals surface area contributed by atoms with Gasteiger partial charge in [0.1, 0.15) is 13.2 Å². The number of unbranched alkanes of at least 4 members (excludes halogenated alkanes) is 15. The summed E-state index contributed by atoms with van der Waals surface area (Å²) in [6.07, 6.45) is 100. The van der Waals surface area contributed by atoms with Crippen LogP contribution in [0.2, 0.25) is 0 Å². The lowest BCUT2D eigenvalue weighted by molar-refractivity contribution is -0.167. The number of hydrogen-bond acceptors (Lipinski definition) is 6. The van der Waals surface area contributed by atoms with Crippen LogP contribution >= 0.6 is 0 Å². The summed E-state index contributed by atoms with van der Waals surface area (Å²) in [7, 11) is 0. The second-order valence-electron chi connectivity index (χ2n) is 20.5. The highest BCUT2D eigenvalue weighted by Crippen LogP contribution is 2.13. The van der Waals surface area contributed by atoms with Gasteiger partial charge in [0.05, 0.1) is 0 Å². The van der Waals surface area contributed by atoms with Gasteiger partial charge in [-0.05, 0) is 154 Å². The van der Waals surface area contributed by atoms with Crippen LogP contribution in [0.3, 0.4) is 0 Å². The molecule has 0 spiro atoms. The van der Waals surface area contributed by atoms with E-state index < -0.39 is 6.10 Å². The van der Waals surface area contributed by atoms with Gasteiger partial charge in [0.25, 0.3) is 0 Å². The fraction of sp³-hybridized carbons (Fsp3) is 0.560. The van der Waals surface area contributed by atoms with Crippen molar-refractivity contribution in [2.45, 2.75) is 258 Å². The minimum atomic E-state index is -0.830. The minimum absolute atomic E-state index is 0.119. The van der Waals surface area contributed by atoms with E-state index in [9.17, 15) is 14.4 Å². The van der Waals surface area contributed by atoms with E-state index >= 15 is 0 Å². The smallest absolute Gasteiger partial charge is 0.306 e. The molecule has 1 atom stereocenters. The lowest BCUT2D eigenvalue weighted by atomic mass is 10.1. The van der Waals surface area contributed by atoms with Crippen molar-refractivity contribution in [2.24, 2.45) is 0 Å². The molecule has 0 aromatic rings. The van der Waals surface area contributed by atoms with E-state index in [-0.39, 0.29) is 37.5 Å². The molecule has 0 fully saturated rings. The van der Waals surface area contributed by atoms with Crippen LogP contribution in [0.1, 0.15) is 252 Å². The molecule has 0 aliphatic rings. The molecular formula is C75H116O6. The van der Waals surface area contributed by atoms with Crippen LogP contribution in [0.5, 0.6) is 0 Å². The van der Waals surface area contributed by atoms with Crippen LogP contribution in [0.15, 0.2) is 182 Å². The van der Waals surface area contributed by atoms with Gasteiger partial charge in [-0.3, -0.25) is 14.4 Å². The SMILES string of the molecule is CC/C=C\C/C=C\C/C=C\C/C=C\C/C=C\C/C=C\C/C=C\C/C=C\C/C=C\CCCCCCCC(=O)OCC(COC(=O)CCCCCCC/C=C\CCCCCC)OC(=O)CCC/C=C\C/C=C\C/C=C\C/C=C\C/C=C\CC. The Hall–Kier alpha value is -5.49. The molecule has 6 nitrogen and oxygen atoms in total. The Bertz CT molecular complexity index is 1900. The Morgan fingerprint density at radius 3 is 0.802 bits per heavy atom. The first kappa shape index (κ1) is 75.5. The lowest BCUT2D eigenvalue weighted by Gasteiger charge is -2.18. The maximum Gasteiger partial charge on any atom is 0.306 e. The summed E-state index contributed by atoms with van der Waals surface area (Å²) >= 11 is 0. The van der Waals surface area contributed by atoms with Crippen molar-refractivity contribution in [3.05, 3.63) is 182 Å². The average molecular weight is 1110 g/mol. The number of allylic oxidation sites excluding steroid dienone is 30. The Balaban J connectivity index is 4.42. The molecule has 0 amide bonds. The van der Waals surface area contributed by atoms with Gasteiger partial charge in [0.2, 0.25) is 0 Å². The van der Waals surface area contributed by atoms with Gasteiger partial charge >= 0.3 is 17.9 Å². The van der Waals surface area contributed by atoms with Gasteiger partial charge in [-0.25, -0.2) is 0 Å². The van der Waals surface area contributed by atoms with Gasteiger partial charge in [-0.1, -0.05) is 261 Å². The molecule has 0 aliphatic carbocycles. The number of hydrogen-bond donors (Lipinski definition) is 0. The third kappa shape index (κ3) is 65.2. The molecule has 0 radical (unpaired) electrons. The van der Waals surface area contributed by atoms with E-state index in [2.05, 4.69) is 203 Å². The van der Waals surface area contributed by atoms with Gasteiger partial charge in [0, 0.05) is 19.3 Å². The van der Waals surface area contributed by atoms with E-state index in [0.717, 1.165) is 167 Å². The number of rotatable bonds is 56. The van der Waals surface area contributed by atoms with Gasteiger partial charge in [-0.15, -0.1) is 0 Å². The highest BCUT2D eigenvalue weighted by atomic mass is 16.6. The van der Waals surface area contributed by atoms with Gasteiger partial charge < -0.3 is 14.2 Å². The molecule has 0 bridgehead atoms. The fourth-order valence-corrected chi connectivity index (χ4v) is 8.11. The van der Waals surface area contributed by atoms with E-state index in [1.165, 1.54) is 38.5 Å². The first-order valence-electron chi connectivity index (χ1n) is 32.3. The second kappa shape index (κ2) is 67.0. The third-order valence-electron chi connectivity index (χ3n) is 12.9. The molecule has 452 valence electrons. The molecule has 1 unspecified atom stereocenters. The highest BCUT2D eigenvalue weighted by Gasteiger charge is 2.19. The zero-order chi connectivity index (χ0) is 58.5. The lowest BCUT2D eigenvalue weighted by Crippen LogP contribution is -2.30. The maximum absolute atomic E-state index is 12.9. The molecule has 0 aromatic heterocycles. The van der Waals surface area contributed by atoms with Crippen LogP contribution in [-0.4, -0.2) is 37.2 Å². The van der Waals surface area contributed by atoms with Crippen LogP contribution in [0.25, 0.3) is 0 Å². The summed E-state index contributed by atoms with van der Waals surface area (Å²) in [6.45, 7) is 6.31. The highest BCUT2D eigenvalue weighted by molar-refractivity contribution is 5.71. The number of carbonyl (C=O) groups is 3. The monoisotopic (exact) mass is 1110 g/mol. The first-order valence-corrected chi connectivity index (χ1v) is 32.3. The quantitative estimate of drug-likeness (QED) is 0.0261. The molecule has 0 heterocycles. The van der Waals surface area contributed by atoms with E-state index in [1.807, 2.05) is 0 Å². The van der Waals surface area contributed by atoms with Crippen LogP contribution in [-0.2, 0) is 28.6 Å². The van der Waals surface area contributed by atoms with E-state index in [0.29, 0.717) is 19.3 Å². The number of carbonyl (C=O) groups excluding carboxylic acids is 3. The summed E-state index contributed by atoms with van der Waals surface area (Å²) in [5.41, 5.74) is 0. The maximum atomic E-state index is 12.9. The van der Waals surface area contributed by atoms with E-state index in [1.54, 1.807) is 0 Å². The molecule has 6 heteroatoms. The Morgan fingerprint density at radius 1 is 0.259 bits per heavy atom. The number of esters is 3. The molecule has 81 heavy (non-hydrogen) atoms. The van der Waals surface area contributed by atoms with Crippen molar-refractivity contribution in [2.75, 3.05) is 13.2 Å². The summed E-state index contributed by atoms with van der Waals surface area (Å²) < 4.78 is 16.8. The summed E-state index contributed by atoms with van der Waals surface area (Å²) in [5.74, 6) is -1.01. The Labute approximate surface area is 497 Å². The van der Waals surface area contributed by atoms with Gasteiger partial charge in [0.15, 0.2) is 6.10 Å². The third-order valence-corrected chi connectivity index (χ3v) is 12.9. The van der Waals surface area contributed by atoms with Crippen molar-refractivity contribution >= 4 is 17.9 Å². The predicted octanol–water partition coefficient (Wildman–Crippen LogP) is 22.4. The molecular weight excluding hydrogens is 997 g/mol. The Kier molecular flexibility index (Phi) is 62.5. The normalized spacial score (nSPS) is 13.4. The van der Waals surface area contributed by atoms with Crippen LogP contribution in [0, 0.1) is 0 Å². The zero-order valence-corrected chi connectivity index (χ0v) is 51.7. The second-order valence-corrected chi connectivity index (χ2v) is 20.5. The summed E-state index contributed by atoms with van der Waals surface area (Å²) in [4.78, 5) is 38.2. The molecule has 0 saturated carbocycles. The predicted molar refractivity (Wildman–Crippen MR) is 352 cm³/mol. The first-order chi connectivity index (χ1) is 40.0. The standard InChI is InChI=1S/C75H116O6/c1-4-7-10-13-16-19-22-25-27-29-30-31-32-33-34-35-36-37-38-39-40-41-42-43-44-46-47-50-53-56-59-62-65-68-74(77)80-71-72(70-79-73(76)67-64-61-58-55-52-49-24-21-18-15-12-9-6-3)81-75(78)69-66-63-60-57-54-51-48-45-28-26-23-20-17-14-11-8-5-2/h7-8,10-11,16-17,19-21,24-28,30-31,33-34,36-37,39-40,42-43,46-48,51,57,60,72H,4-6,9,12-15,18,22-23,29,32,35,38,41,44-45,49-50,52-56,58-59,61-71H2,1-3H3/b10-7-,11-8-,19-16-,20-17-,24-21-,27-25-,28-26-,31-30-,34-33-,37-36-,40-39-,43-42-,47-46-,51-48-,60-57-. The largest absolute Gasteiger partial charge is 0.462 e. The molecule has 0 saturated heterocycles. The van der Waals surface area contributed by atoms with E-state index in [4.69, 9.17) is 14.2 Å². The van der Waals surface area contributed by atoms with Crippen molar-refractivity contribution in [3.8, 4) is 0 Å². The molecule has 0 N–H and O–H groups in total. The van der Waals surface area contributed by atoms with Crippen molar-refractivity contribution in [1.82, 2.24) is 0 Å². The van der Waals surface area contributed by atoms with Crippen molar-refractivity contribution in [1.29, 1.82) is 0 Å². The Morgan fingerprint density at radius 2 is 0.494 bits per heavy atom. The summed E-state index contributed by atoms with van der Waals surface area (Å²) in [5, 5.41) is 0. The van der Waals surface area contributed by atoms with Crippen molar-refractivity contribution < 1.29 is 28.6 Å². The average Bonchev–Trinajstić information content (AvgIpc) is 3.46. The minimum Gasteiger partial charge on any atom is -0.462 e. The van der Waals surface area contributed by atoms with Crippen LogP contribution < -0.4 is 0 Å². The zero-order valence-electron chi connectivity index (χ0n) is 51.7. The topological polar surface area (TPSA) is 78.9 Å². The summed E-state index contributed by atoms with van der Waals surface area (Å²) in [6, 6.07) is 0. The van der Waals surface area contributed by atoms with Gasteiger partial charge in [-0.2, -0.15) is 0 Å². The fourth-order valence-electron chi connectivity index (χ4n) is 8.11. The molecule has 0 rings (SSSR count). The molecule has 0 aromatic carbocycles.